The molecule has 166 valence electrons. The van der Waals surface area contributed by atoms with Crippen molar-refractivity contribution < 1.29 is 13.6 Å². The number of nitrogens with one attached hydrogen (secondary N) is 2. The zero-order chi connectivity index (χ0) is 22.5. The Hall–Kier alpha value is -3.62. The van der Waals surface area contributed by atoms with Crippen LogP contribution in [0.25, 0.3) is 0 Å². The average Bonchev–Trinajstić information content (AvgIpc) is 2.82. The van der Waals surface area contributed by atoms with Gasteiger partial charge in [-0.05, 0) is 61.1 Å². The molecule has 0 saturated carbocycles. The number of benzene rings is 2. The van der Waals surface area contributed by atoms with Crippen LogP contribution in [0.5, 0.6) is 0 Å². The van der Waals surface area contributed by atoms with Crippen LogP contribution in [-0.4, -0.2) is 41.0 Å². The number of carbonyl (C=O) groups is 1. The van der Waals surface area contributed by atoms with Gasteiger partial charge in [-0.2, -0.15) is 4.98 Å². The maximum atomic E-state index is 13.5. The molecule has 1 saturated heterocycles. The lowest BCUT2D eigenvalue weighted by Crippen LogP contribution is -2.35. The van der Waals surface area contributed by atoms with E-state index in [1.165, 1.54) is 18.5 Å². The number of halogens is 2. The maximum Gasteiger partial charge on any atom is 0.251 e. The van der Waals surface area contributed by atoms with Gasteiger partial charge in [0.1, 0.15) is 6.33 Å². The summed E-state index contributed by atoms with van der Waals surface area (Å²) in [4.78, 5) is 26.9. The molecular formula is C23H24F2N6O. The van der Waals surface area contributed by atoms with E-state index in [9.17, 15) is 13.6 Å². The van der Waals surface area contributed by atoms with Gasteiger partial charge in [-0.15, -0.1) is 0 Å². The number of nitrogens with zero attached hydrogens (tertiary/aromatic N) is 4. The summed E-state index contributed by atoms with van der Waals surface area (Å²) in [5.74, 6) is -0.419. The quantitative estimate of drug-likeness (QED) is 0.611. The number of hydrogen-bond acceptors (Lipinski definition) is 6. The normalized spacial score (nSPS) is 14.3. The molecule has 4 rings (SSSR count). The smallest absolute Gasteiger partial charge is 0.251 e. The third-order valence-corrected chi connectivity index (χ3v) is 5.57. The standard InChI is InChI=1S/C23H24F2N6O/c1-26-21(32)17-3-2-4-18(13-17)29-22-27-14-28-23(30-22)31-9-7-15(8-10-31)11-16-5-6-19(24)20(25)12-16/h2-6,12-15H,7-11H2,1H3,(H,26,32)(H,27,28,29,30). The molecule has 32 heavy (non-hydrogen) atoms. The number of rotatable bonds is 6. The molecule has 0 aliphatic carbocycles. The van der Waals surface area contributed by atoms with Crippen LogP contribution in [0.15, 0.2) is 48.8 Å². The number of anilines is 3. The summed E-state index contributed by atoms with van der Waals surface area (Å²) >= 11 is 0. The minimum absolute atomic E-state index is 0.170. The fraction of sp³-hybridized carbons (Fsp3) is 0.304. The molecule has 7 nitrogen and oxygen atoms in total. The van der Waals surface area contributed by atoms with Gasteiger partial charge in [-0.25, -0.2) is 18.7 Å². The zero-order valence-corrected chi connectivity index (χ0v) is 17.7. The highest BCUT2D eigenvalue weighted by Gasteiger charge is 2.22. The van der Waals surface area contributed by atoms with Crippen molar-refractivity contribution in [3.63, 3.8) is 0 Å². The average molecular weight is 438 g/mol. The molecule has 1 amide bonds. The van der Waals surface area contributed by atoms with E-state index >= 15 is 0 Å². The summed E-state index contributed by atoms with van der Waals surface area (Å²) in [7, 11) is 1.59. The topological polar surface area (TPSA) is 83.0 Å². The Morgan fingerprint density at radius 2 is 1.91 bits per heavy atom. The third-order valence-electron chi connectivity index (χ3n) is 5.57. The highest BCUT2D eigenvalue weighted by atomic mass is 19.2. The first-order valence-corrected chi connectivity index (χ1v) is 10.5. The van der Waals surface area contributed by atoms with Gasteiger partial charge in [0.2, 0.25) is 11.9 Å². The van der Waals surface area contributed by atoms with Crippen molar-refractivity contribution in [2.24, 2.45) is 5.92 Å². The molecule has 2 heterocycles. The van der Waals surface area contributed by atoms with Gasteiger partial charge in [-0.1, -0.05) is 12.1 Å². The minimum Gasteiger partial charge on any atom is -0.355 e. The van der Waals surface area contributed by atoms with E-state index in [0.717, 1.165) is 37.9 Å². The lowest BCUT2D eigenvalue weighted by Gasteiger charge is -2.32. The summed E-state index contributed by atoms with van der Waals surface area (Å²) in [5, 5.41) is 5.72. The fourth-order valence-corrected chi connectivity index (χ4v) is 3.85. The molecule has 0 radical (unpaired) electrons. The highest BCUT2D eigenvalue weighted by Crippen LogP contribution is 2.25. The molecular weight excluding hydrogens is 414 g/mol. The predicted octanol–water partition coefficient (Wildman–Crippen LogP) is 3.71. The molecule has 2 N–H and O–H groups in total. The molecule has 0 bridgehead atoms. The summed E-state index contributed by atoms with van der Waals surface area (Å²) < 4.78 is 26.6. The van der Waals surface area contributed by atoms with Gasteiger partial charge in [0.15, 0.2) is 11.6 Å². The second-order valence-electron chi connectivity index (χ2n) is 7.78. The Kier molecular flexibility index (Phi) is 6.53. The number of aromatic nitrogens is 3. The van der Waals surface area contributed by atoms with Crippen molar-refractivity contribution in [1.29, 1.82) is 0 Å². The summed E-state index contributed by atoms with van der Waals surface area (Å²) in [6.07, 6.45) is 3.99. The predicted molar refractivity (Wildman–Crippen MR) is 118 cm³/mol. The monoisotopic (exact) mass is 438 g/mol. The SMILES string of the molecule is CNC(=O)c1cccc(Nc2ncnc(N3CCC(Cc4ccc(F)c(F)c4)CC3)n2)c1. The molecule has 3 aromatic rings. The number of amides is 1. The Morgan fingerprint density at radius 3 is 2.66 bits per heavy atom. The third kappa shape index (κ3) is 5.16. The lowest BCUT2D eigenvalue weighted by molar-refractivity contribution is 0.0963. The van der Waals surface area contributed by atoms with E-state index in [0.29, 0.717) is 29.1 Å². The van der Waals surface area contributed by atoms with Gasteiger partial charge < -0.3 is 15.5 Å². The van der Waals surface area contributed by atoms with Crippen LogP contribution >= 0.6 is 0 Å². The minimum atomic E-state index is -0.817. The Bertz CT molecular complexity index is 1100. The van der Waals surface area contributed by atoms with Crippen molar-refractivity contribution >= 4 is 23.5 Å². The van der Waals surface area contributed by atoms with E-state index in [1.807, 2.05) is 6.07 Å². The number of piperidine rings is 1. The lowest BCUT2D eigenvalue weighted by atomic mass is 9.90. The van der Waals surface area contributed by atoms with Gasteiger partial charge >= 0.3 is 0 Å². The Morgan fingerprint density at radius 1 is 1.09 bits per heavy atom. The van der Waals surface area contributed by atoms with Crippen LogP contribution in [0.3, 0.4) is 0 Å². The molecule has 0 spiro atoms. The fourth-order valence-electron chi connectivity index (χ4n) is 3.85. The van der Waals surface area contributed by atoms with Crippen molar-refractivity contribution in [2.45, 2.75) is 19.3 Å². The first kappa shape index (κ1) is 21.6. The highest BCUT2D eigenvalue weighted by molar-refractivity contribution is 5.95. The van der Waals surface area contributed by atoms with Crippen molar-refractivity contribution in [2.75, 3.05) is 30.4 Å². The molecule has 1 aliphatic heterocycles. The largest absolute Gasteiger partial charge is 0.355 e. The van der Waals surface area contributed by atoms with Crippen LogP contribution in [0.4, 0.5) is 26.4 Å². The number of hydrogen-bond donors (Lipinski definition) is 2. The van der Waals surface area contributed by atoms with E-state index in [2.05, 4.69) is 30.5 Å². The van der Waals surface area contributed by atoms with E-state index in [4.69, 9.17) is 0 Å². The van der Waals surface area contributed by atoms with Crippen molar-refractivity contribution in [3.05, 3.63) is 71.6 Å². The van der Waals surface area contributed by atoms with Crippen LogP contribution in [0, 0.1) is 17.6 Å². The Labute approximate surface area is 184 Å². The summed E-state index contributed by atoms with van der Waals surface area (Å²) in [6.45, 7) is 1.54. The molecule has 1 aromatic heterocycles. The van der Waals surface area contributed by atoms with Crippen LogP contribution in [-0.2, 0) is 6.42 Å². The number of carbonyl (C=O) groups excluding carboxylic acids is 1. The van der Waals surface area contributed by atoms with Crippen LogP contribution in [0.2, 0.25) is 0 Å². The zero-order valence-electron chi connectivity index (χ0n) is 17.7. The van der Waals surface area contributed by atoms with E-state index in [-0.39, 0.29) is 5.91 Å². The van der Waals surface area contributed by atoms with Gasteiger partial charge in [-0.3, -0.25) is 4.79 Å². The van der Waals surface area contributed by atoms with E-state index in [1.54, 1.807) is 31.3 Å². The summed E-state index contributed by atoms with van der Waals surface area (Å²) in [5.41, 5.74) is 2.05. The maximum absolute atomic E-state index is 13.5. The summed E-state index contributed by atoms with van der Waals surface area (Å²) in [6, 6.07) is 11.2. The van der Waals surface area contributed by atoms with Gasteiger partial charge in [0, 0.05) is 31.4 Å². The second-order valence-corrected chi connectivity index (χ2v) is 7.78. The van der Waals surface area contributed by atoms with Crippen LogP contribution in [0.1, 0.15) is 28.8 Å². The Balaban J connectivity index is 1.37. The van der Waals surface area contributed by atoms with Gasteiger partial charge in [0.25, 0.3) is 5.91 Å². The van der Waals surface area contributed by atoms with E-state index < -0.39 is 11.6 Å². The first-order valence-electron chi connectivity index (χ1n) is 10.5. The van der Waals surface area contributed by atoms with Crippen LogP contribution < -0.4 is 15.5 Å². The molecule has 9 heteroatoms. The molecule has 1 aliphatic rings. The molecule has 1 fully saturated rings. The molecule has 0 atom stereocenters. The molecule has 0 unspecified atom stereocenters. The van der Waals surface area contributed by atoms with Gasteiger partial charge in [0.05, 0.1) is 0 Å². The second kappa shape index (κ2) is 9.67. The van der Waals surface area contributed by atoms with Crippen molar-refractivity contribution in [1.82, 2.24) is 20.3 Å². The van der Waals surface area contributed by atoms with Crippen molar-refractivity contribution in [3.8, 4) is 0 Å². The molecule has 2 aromatic carbocycles. The first-order chi connectivity index (χ1) is 15.5.